The maximum absolute atomic E-state index is 2.76. The molecule has 294 valence electrons. The Morgan fingerprint density at radius 2 is 1.19 bits per heavy atom. The van der Waals surface area contributed by atoms with E-state index < -0.39 is 0 Å². The number of fused-ring (bicyclic) bond motifs is 17. The van der Waals surface area contributed by atoms with Crippen LogP contribution < -0.4 is 0 Å². The smallest absolute Gasteiger partial charge is 0.0690 e. The zero-order valence-corrected chi connectivity index (χ0v) is 35.6. The number of benzene rings is 8. The van der Waals surface area contributed by atoms with E-state index in [1.165, 1.54) is 131 Å². The molecule has 0 amide bonds. The molecule has 11 aromatic rings. The van der Waals surface area contributed by atoms with Gasteiger partial charge < -0.3 is 9.13 Å². The van der Waals surface area contributed by atoms with Gasteiger partial charge in [0.05, 0.1) is 32.6 Å². The molecule has 3 heterocycles. The first-order chi connectivity index (χ1) is 30.7. The summed E-state index contributed by atoms with van der Waals surface area (Å²) in [5.74, 6) is 0.592. The van der Waals surface area contributed by atoms with E-state index in [4.69, 9.17) is 0 Å². The molecule has 2 atom stereocenters. The van der Waals surface area contributed by atoms with E-state index in [1.54, 1.807) is 0 Å². The van der Waals surface area contributed by atoms with Crippen LogP contribution in [0.2, 0.25) is 0 Å². The van der Waals surface area contributed by atoms with E-state index >= 15 is 0 Å². The third-order valence-electron chi connectivity index (χ3n) is 14.7. The van der Waals surface area contributed by atoms with Crippen LogP contribution in [0.1, 0.15) is 65.7 Å². The molecule has 8 aromatic carbocycles. The second kappa shape index (κ2) is 12.8. The SMILES string of the molecule is CCC1=C(\n2c3ccccc3c3cc4c5c(c32)-c2ccc3ccccc3c2CC5c2ccccc2-4)c2sc3ccccc3c2C(C)C\C=C\1n1c2ccccc2c2ccccc21. The van der Waals surface area contributed by atoms with Crippen molar-refractivity contribution in [2.45, 2.75) is 44.9 Å². The van der Waals surface area contributed by atoms with E-state index in [-0.39, 0.29) is 5.92 Å². The lowest BCUT2D eigenvalue weighted by molar-refractivity contribution is 0.782. The number of thiophene rings is 1. The lowest BCUT2D eigenvalue weighted by Gasteiger charge is -2.30. The minimum Gasteiger partial charge on any atom is -0.309 e. The zero-order valence-electron chi connectivity index (χ0n) is 34.7. The summed E-state index contributed by atoms with van der Waals surface area (Å²) >= 11 is 1.99. The molecule has 0 N–H and O–H groups in total. The fourth-order valence-corrected chi connectivity index (χ4v) is 13.5. The molecule has 14 rings (SSSR count). The summed E-state index contributed by atoms with van der Waals surface area (Å²) in [4.78, 5) is 1.40. The maximum atomic E-state index is 2.76. The molecule has 0 bridgehead atoms. The van der Waals surface area contributed by atoms with Gasteiger partial charge >= 0.3 is 0 Å². The average molecular weight is 811 g/mol. The highest BCUT2D eigenvalue weighted by molar-refractivity contribution is 7.20. The summed E-state index contributed by atoms with van der Waals surface area (Å²) < 4.78 is 6.71. The number of para-hydroxylation sites is 3. The van der Waals surface area contributed by atoms with Crippen LogP contribution in [-0.4, -0.2) is 9.13 Å². The topological polar surface area (TPSA) is 9.86 Å². The molecule has 2 nitrogen and oxygen atoms in total. The van der Waals surface area contributed by atoms with Crippen LogP contribution in [0.15, 0.2) is 175 Å². The van der Waals surface area contributed by atoms with Gasteiger partial charge in [-0.2, -0.15) is 0 Å². The van der Waals surface area contributed by atoms with E-state index in [0.29, 0.717) is 5.92 Å². The van der Waals surface area contributed by atoms with Gasteiger partial charge in [-0.05, 0) is 111 Å². The molecule has 0 aliphatic heterocycles. The number of hydrogen-bond acceptors (Lipinski definition) is 1. The number of aromatic nitrogens is 2. The predicted molar refractivity (Wildman–Crippen MR) is 265 cm³/mol. The predicted octanol–water partition coefficient (Wildman–Crippen LogP) is 16.3. The van der Waals surface area contributed by atoms with Gasteiger partial charge in [0.2, 0.25) is 0 Å². The molecule has 0 saturated heterocycles. The normalized spacial score (nSPS) is 18.8. The minimum absolute atomic E-state index is 0.287. The molecular formula is C59H42N2S. The standard InChI is InChI=1S/C59H42N2S/c1-3-36-52(60-49-24-12-8-20-40(49)41-21-9-13-25-50(41)60)31-28-34(2)54-44-23-11-15-27-53(44)62-59(54)58(36)61-51-26-14-10-22-42(51)48-33-47-39-19-7-6-18-38(39)46-32-45-37-17-5-4-16-35(37)29-30-43(45)56(55(46)47)57(48)61/h4-27,29-31,33-34,46H,3,28,32H2,1-2H3/b52-31-,58-36+. The molecule has 3 aliphatic carbocycles. The zero-order chi connectivity index (χ0) is 40.8. The Morgan fingerprint density at radius 1 is 0.565 bits per heavy atom. The van der Waals surface area contributed by atoms with Crippen molar-refractivity contribution in [3.05, 3.63) is 203 Å². The summed E-state index contributed by atoms with van der Waals surface area (Å²) in [5.41, 5.74) is 20.6. The highest BCUT2D eigenvalue weighted by Gasteiger charge is 2.39. The quantitative estimate of drug-likeness (QED) is 0.168. The fraction of sp³-hybridized carbons (Fsp3) is 0.119. The monoisotopic (exact) mass is 810 g/mol. The highest BCUT2D eigenvalue weighted by Crippen LogP contribution is 2.59. The van der Waals surface area contributed by atoms with E-state index in [9.17, 15) is 0 Å². The van der Waals surface area contributed by atoms with Crippen LogP contribution in [0.3, 0.4) is 0 Å². The number of allylic oxidation sites excluding steroid dienone is 3. The van der Waals surface area contributed by atoms with Gasteiger partial charge in [-0.1, -0.05) is 153 Å². The third kappa shape index (κ3) is 4.49. The van der Waals surface area contributed by atoms with Gasteiger partial charge in [-0.3, -0.25) is 0 Å². The Bertz CT molecular complexity index is 3770. The lowest BCUT2D eigenvalue weighted by atomic mass is 9.75. The first-order valence-electron chi connectivity index (χ1n) is 22.3. The minimum atomic E-state index is 0.287. The summed E-state index contributed by atoms with van der Waals surface area (Å²) in [6.45, 7) is 4.84. The first kappa shape index (κ1) is 34.7. The van der Waals surface area contributed by atoms with Crippen molar-refractivity contribution in [1.82, 2.24) is 9.13 Å². The molecule has 0 fully saturated rings. The van der Waals surface area contributed by atoms with Gasteiger partial charge in [0.1, 0.15) is 0 Å². The first-order valence-corrected chi connectivity index (χ1v) is 23.1. The Hall–Kier alpha value is -6.94. The maximum Gasteiger partial charge on any atom is 0.0690 e. The second-order valence-electron chi connectivity index (χ2n) is 17.7. The van der Waals surface area contributed by atoms with Crippen LogP contribution in [0, 0.1) is 0 Å². The Labute approximate surface area is 364 Å². The van der Waals surface area contributed by atoms with Crippen LogP contribution in [0.5, 0.6) is 0 Å². The summed E-state index contributed by atoms with van der Waals surface area (Å²) in [6.07, 6.45) is 5.41. The van der Waals surface area contributed by atoms with Crippen LogP contribution in [-0.2, 0) is 6.42 Å². The molecule has 0 saturated carbocycles. The summed E-state index contributed by atoms with van der Waals surface area (Å²) in [7, 11) is 0. The van der Waals surface area contributed by atoms with E-state index in [1.807, 2.05) is 11.3 Å². The van der Waals surface area contributed by atoms with Crippen molar-refractivity contribution in [2.75, 3.05) is 0 Å². The molecule has 62 heavy (non-hydrogen) atoms. The Balaban J connectivity index is 1.21. The van der Waals surface area contributed by atoms with Gasteiger partial charge in [0, 0.05) is 49.0 Å². The average Bonchev–Trinajstić information content (AvgIpc) is 4.06. The lowest BCUT2D eigenvalue weighted by Crippen LogP contribution is -2.14. The van der Waals surface area contributed by atoms with Crippen LogP contribution in [0.4, 0.5) is 0 Å². The van der Waals surface area contributed by atoms with Crippen LogP contribution in [0.25, 0.3) is 98.1 Å². The third-order valence-corrected chi connectivity index (χ3v) is 15.9. The van der Waals surface area contributed by atoms with E-state index in [2.05, 4.69) is 193 Å². The van der Waals surface area contributed by atoms with Crippen molar-refractivity contribution in [3.8, 4) is 22.3 Å². The summed E-state index contributed by atoms with van der Waals surface area (Å²) in [6, 6.07) is 62.2. The molecule has 3 aliphatic rings. The highest BCUT2D eigenvalue weighted by atomic mass is 32.1. The van der Waals surface area contributed by atoms with Crippen LogP contribution >= 0.6 is 11.3 Å². The number of rotatable bonds is 3. The second-order valence-corrected chi connectivity index (χ2v) is 18.8. The molecular weight excluding hydrogens is 769 g/mol. The van der Waals surface area contributed by atoms with E-state index in [0.717, 1.165) is 19.3 Å². The Morgan fingerprint density at radius 3 is 1.95 bits per heavy atom. The summed E-state index contributed by atoms with van der Waals surface area (Å²) in [5, 5.41) is 9.30. The van der Waals surface area contributed by atoms with Crippen molar-refractivity contribution < 1.29 is 0 Å². The van der Waals surface area contributed by atoms with Crippen molar-refractivity contribution in [1.29, 1.82) is 0 Å². The van der Waals surface area contributed by atoms with Crippen molar-refractivity contribution >= 4 is 87.2 Å². The number of hydrogen-bond donors (Lipinski definition) is 0. The van der Waals surface area contributed by atoms with Crippen molar-refractivity contribution in [3.63, 3.8) is 0 Å². The van der Waals surface area contributed by atoms with Gasteiger partial charge in [0.25, 0.3) is 0 Å². The molecule has 3 heteroatoms. The molecule has 0 spiro atoms. The number of nitrogens with zero attached hydrogens (tertiary/aromatic N) is 2. The molecule has 3 aromatic heterocycles. The molecule has 0 radical (unpaired) electrons. The van der Waals surface area contributed by atoms with Gasteiger partial charge in [-0.25, -0.2) is 0 Å². The largest absolute Gasteiger partial charge is 0.309 e. The fourth-order valence-electron chi connectivity index (χ4n) is 12.2. The van der Waals surface area contributed by atoms with Gasteiger partial charge in [-0.15, -0.1) is 11.3 Å². The Kier molecular flexibility index (Phi) is 7.17. The van der Waals surface area contributed by atoms with Crippen molar-refractivity contribution in [2.24, 2.45) is 0 Å². The van der Waals surface area contributed by atoms with Gasteiger partial charge in [0.15, 0.2) is 0 Å². The molecule has 2 unspecified atom stereocenters.